The van der Waals surface area contributed by atoms with E-state index < -0.39 is 41.4 Å². The van der Waals surface area contributed by atoms with Gasteiger partial charge in [0.05, 0.1) is 24.8 Å². The van der Waals surface area contributed by atoms with Crippen LogP contribution in [0.1, 0.15) is 24.5 Å². The van der Waals surface area contributed by atoms with Gasteiger partial charge in [-0.25, -0.2) is 0 Å². The van der Waals surface area contributed by atoms with Crippen LogP contribution in [0.25, 0.3) is 0 Å². The maximum atomic E-state index is 12.8. The smallest absolute Gasteiger partial charge is 0.416 e. The summed E-state index contributed by atoms with van der Waals surface area (Å²) < 4.78 is 49.6. The average molecular weight is 539 g/mol. The average Bonchev–Trinajstić information content (AvgIpc) is 3.16. The van der Waals surface area contributed by atoms with Gasteiger partial charge in [0, 0.05) is 5.69 Å². The number of halogens is 3. The summed E-state index contributed by atoms with van der Waals surface area (Å²) in [5.41, 5.74) is -0.362. The summed E-state index contributed by atoms with van der Waals surface area (Å²) in [7, 11) is 0. The number of ether oxygens (including phenoxy) is 2. The Kier molecular flexibility index (Phi) is 9.11. The molecule has 1 saturated heterocycles. The first-order valence-electron chi connectivity index (χ1n) is 10.7. The van der Waals surface area contributed by atoms with Crippen molar-refractivity contribution in [2.75, 3.05) is 18.5 Å². The van der Waals surface area contributed by atoms with Crippen LogP contribution in [-0.4, -0.2) is 52.7 Å². The number of hydrogen-bond acceptors (Lipinski definition) is 8. The van der Waals surface area contributed by atoms with E-state index in [9.17, 15) is 27.6 Å². The van der Waals surface area contributed by atoms with E-state index in [0.29, 0.717) is 5.56 Å². The second-order valence-corrected chi connectivity index (χ2v) is 8.59. The number of rotatable bonds is 10. The van der Waals surface area contributed by atoms with Crippen LogP contribution in [0.2, 0.25) is 0 Å². The minimum atomic E-state index is -4.53. The number of nitrogens with one attached hydrogen (secondary N) is 2. The zero-order chi connectivity index (χ0) is 27.0. The van der Waals surface area contributed by atoms with Gasteiger partial charge in [-0.05, 0) is 48.9 Å². The molecule has 3 rings (SSSR count). The van der Waals surface area contributed by atoms with Crippen molar-refractivity contribution in [2.45, 2.75) is 24.8 Å². The van der Waals surface area contributed by atoms with Crippen LogP contribution >= 0.6 is 11.8 Å². The number of amides is 2. The van der Waals surface area contributed by atoms with E-state index >= 15 is 0 Å². The van der Waals surface area contributed by atoms with Crippen molar-refractivity contribution in [2.24, 2.45) is 10.2 Å². The summed E-state index contributed by atoms with van der Waals surface area (Å²) in [4.78, 5) is 34.7. The van der Waals surface area contributed by atoms with Crippen molar-refractivity contribution in [3.63, 3.8) is 0 Å². The largest absolute Gasteiger partial charge is 0.490 e. The minimum Gasteiger partial charge on any atom is -0.490 e. The standard InChI is InChI=1S/C23H21F3N4O6S/c1-2-35-17-8-13(11-27-30-22-29-21(34)18(37-22)10-20(32)33)6-7-16(17)36-12-19(31)28-15-5-3-4-14(9-15)23(24,25)26/h3-9,11,18H,2,10,12H2,1H3,(H,28,31)(H,32,33)(H,29,30,34). The number of carboxylic acids is 1. The Morgan fingerprint density at radius 3 is 2.68 bits per heavy atom. The minimum absolute atomic E-state index is 0.0208. The molecule has 0 radical (unpaired) electrons. The molecule has 0 aromatic heterocycles. The highest BCUT2D eigenvalue weighted by Crippen LogP contribution is 2.31. The zero-order valence-corrected chi connectivity index (χ0v) is 20.1. The van der Waals surface area contributed by atoms with Crippen molar-refractivity contribution in [3.05, 3.63) is 53.6 Å². The molecule has 2 aromatic carbocycles. The number of nitrogens with zero attached hydrogens (tertiary/aromatic N) is 2. The lowest BCUT2D eigenvalue weighted by molar-refractivity contribution is -0.138. The van der Waals surface area contributed by atoms with Crippen LogP contribution in [0.4, 0.5) is 18.9 Å². The van der Waals surface area contributed by atoms with Gasteiger partial charge >= 0.3 is 12.1 Å². The molecule has 10 nitrogen and oxygen atoms in total. The van der Waals surface area contributed by atoms with Crippen molar-refractivity contribution in [3.8, 4) is 11.5 Å². The molecule has 0 aliphatic carbocycles. The number of hydrogen-bond donors (Lipinski definition) is 3. The van der Waals surface area contributed by atoms with Gasteiger partial charge in [0.15, 0.2) is 23.3 Å². The Hall–Kier alpha value is -4.07. The number of carboxylic acid groups (broad SMARTS) is 1. The molecule has 37 heavy (non-hydrogen) atoms. The number of anilines is 1. The summed E-state index contributed by atoms with van der Waals surface area (Å²) >= 11 is 0.964. The molecule has 1 fully saturated rings. The van der Waals surface area contributed by atoms with Gasteiger partial charge in [0.2, 0.25) is 5.91 Å². The van der Waals surface area contributed by atoms with Crippen LogP contribution in [-0.2, 0) is 20.6 Å². The third-order valence-corrected chi connectivity index (χ3v) is 5.66. The van der Waals surface area contributed by atoms with Gasteiger partial charge in [-0.3, -0.25) is 14.4 Å². The fourth-order valence-electron chi connectivity index (χ4n) is 3.00. The molecule has 1 atom stereocenters. The van der Waals surface area contributed by atoms with Crippen LogP contribution in [0.3, 0.4) is 0 Å². The molecule has 0 spiro atoms. The van der Waals surface area contributed by atoms with Crippen molar-refractivity contribution in [1.82, 2.24) is 5.32 Å². The third kappa shape index (κ3) is 8.24. The maximum Gasteiger partial charge on any atom is 0.416 e. The summed E-state index contributed by atoms with van der Waals surface area (Å²) in [5, 5.41) is 20.8. The zero-order valence-electron chi connectivity index (χ0n) is 19.2. The lowest BCUT2D eigenvalue weighted by Gasteiger charge is -2.13. The van der Waals surface area contributed by atoms with Crippen molar-refractivity contribution in [1.29, 1.82) is 0 Å². The predicted octanol–water partition coefficient (Wildman–Crippen LogP) is 3.52. The molecule has 1 unspecified atom stereocenters. The maximum absolute atomic E-state index is 12.8. The van der Waals surface area contributed by atoms with Crippen LogP contribution < -0.4 is 20.1 Å². The molecule has 0 bridgehead atoms. The molecular formula is C23H21F3N4O6S. The van der Waals surface area contributed by atoms with Crippen molar-refractivity contribution >= 4 is 46.6 Å². The number of aliphatic carboxylic acids is 1. The van der Waals surface area contributed by atoms with E-state index in [-0.39, 0.29) is 35.4 Å². The summed E-state index contributed by atoms with van der Waals surface area (Å²) in [5.74, 6) is -1.72. The number of carbonyl (C=O) groups is 3. The first kappa shape index (κ1) is 27.5. The van der Waals surface area contributed by atoms with Crippen LogP contribution in [0.15, 0.2) is 52.7 Å². The summed E-state index contributed by atoms with van der Waals surface area (Å²) in [6.07, 6.45) is -3.50. The SMILES string of the molecule is CCOc1cc(C=NN=C2NC(=O)C(CC(=O)O)S2)ccc1OCC(=O)Nc1cccc(C(F)(F)F)c1. The van der Waals surface area contributed by atoms with E-state index in [4.69, 9.17) is 14.6 Å². The molecular weight excluding hydrogens is 517 g/mol. The first-order chi connectivity index (χ1) is 17.5. The second kappa shape index (κ2) is 12.3. The van der Waals surface area contributed by atoms with Crippen LogP contribution in [0.5, 0.6) is 11.5 Å². The molecule has 2 amide bonds. The Labute approximate surface area is 212 Å². The lowest BCUT2D eigenvalue weighted by atomic mass is 10.2. The van der Waals surface area contributed by atoms with E-state index in [0.717, 1.165) is 23.9 Å². The fraction of sp³-hybridized carbons (Fsp3) is 0.261. The summed E-state index contributed by atoms with van der Waals surface area (Å²) in [6.45, 7) is 1.54. The van der Waals surface area contributed by atoms with E-state index in [1.165, 1.54) is 24.4 Å². The molecule has 0 saturated carbocycles. The van der Waals surface area contributed by atoms with E-state index in [2.05, 4.69) is 20.8 Å². The Morgan fingerprint density at radius 2 is 1.97 bits per heavy atom. The number of thioether (sulfide) groups is 1. The van der Waals surface area contributed by atoms with Crippen molar-refractivity contribution < 1.29 is 42.1 Å². The Bertz CT molecular complexity index is 1240. The second-order valence-electron chi connectivity index (χ2n) is 7.40. The third-order valence-electron chi connectivity index (χ3n) is 4.59. The van der Waals surface area contributed by atoms with Crippen LogP contribution in [0, 0.1) is 0 Å². The fourth-order valence-corrected chi connectivity index (χ4v) is 3.91. The molecule has 2 aromatic rings. The Morgan fingerprint density at radius 1 is 1.19 bits per heavy atom. The predicted molar refractivity (Wildman–Crippen MR) is 130 cm³/mol. The van der Waals surface area contributed by atoms with Gasteiger partial charge in [0.1, 0.15) is 5.25 Å². The monoisotopic (exact) mass is 538 g/mol. The lowest BCUT2D eigenvalue weighted by Crippen LogP contribution is -2.26. The van der Waals surface area contributed by atoms with E-state index in [1.807, 2.05) is 0 Å². The number of benzene rings is 2. The topological polar surface area (TPSA) is 139 Å². The highest BCUT2D eigenvalue weighted by Gasteiger charge is 2.32. The quantitative estimate of drug-likeness (QED) is 0.311. The highest BCUT2D eigenvalue weighted by atomic mass is 32.2. The van der Waals surface area contributed by atoms with E-state index in [1.54, 1.807) is 19.1 Å². The highest BCUT2D eigenvalue weighted by molar-refractivity contribution is 8.15. The number of amidine groups is 1. The molecule has 1 aliphatic rings. The molecule has 1 heterocycles. The van der Waals surface area contributed by atoms with Gasteiger partial charge in [-0.1, -0.05) is 17.8 Å². The van der Waals surface area contributed by atoms with Gasteiger partial charge < -0.3 is 25.2 Å². The molecule has 14 heteroatoms. The normalized spacial score (nSPS) is 16.6. The van der Waals surface area contributed by atoms with Gasteiger partial charge in [-0.2, -0.15) is 18.3 Å². The number of carbonyl (C=O) groups excluding carboxylic acids is 2. The first-order valence-corrected chi connectivity index (χ1v) is 11.6. The number of alkyl halides is 3. The van der Waals surface area contributed by atoms with Gasteiger partial charge in [-0.15, -0.1) is 5.10 Å². The van der Waals surface area contributed by atoms with Gasteiger partial charge in [0.25, 0.3) is 5.91 Å². The Balaban J connectivity index is 1.61. The molecule has 1 aliphatic heterocycles. The summed E-state index contributed by atoms with van der Waals surface area (Å²) in [6, 6.07) is 8.93. The molecule has 196 valence electrons. The molecule has 3 N–H and O–H groups in total.